The molecule has 0 saturated carbocycles. The van der Waals surface area contributed by atoms with Gasteiger partial charge in [-0.1, -0.05) is 22.3 Å². The lowest BCUT2D eigenvalue weighted by atomic mass is 9.89. The van der Waals surface area contributed by atoms with Gasteiger partial charge in [-0.05, 0) is 40.5 Å². The van der Waals surface area contributed by atoms with Crippen molar-refractivity contribution in [3.63, 3.8) is 0 Å². The van der Waals surface area contributed by atoms with Crippen molar-refractivity contribution in [2.75, 3.05) is 0 Å². The van der Waals surface area contributed by atoms with Crippen LogP contribution >= 0.6 is 0 Å². The lowest BCUT2D eigenvalue weighted by molar-refractivity contribution is 0.917. The van der Waals surface area contributed by atoms with E-state index in [0.717, 1.165) is 0 Å². The molecule has 0 aromatic rings. The lowest BCUT2D eigenvalue weighted by Gasteiger charge is -2.17. The minimum Gasteiger partial charge on any atom is -0.0700 e. The van der Waals surface area contributed by atoms with Gasteiger partial charge in [0.1, 0.15) is 0 Å². The molecule has 0 aromatic heterocycles. The first kappa shape index (κ1) is 7.59. The van der Waals surface area contributed by atoms with Crippen LogP contribution in [0, 0.1) is 0 Å². The van der Waals surface area contributed by atoms with Crippen LogP contribution in [0.15, 0.2) is 22.3 Å². The molecule has 0 unspecified atom stereocenters. The Labute approximate surface area is 63.6 Å². The third-order valence-electron chi connectivity index (χ3n) is 2.52. The van der Waals surface area contributed by atoms with Gasteiger partial charge >= 0.3 is 0 Å². The van der Waals surface area contributed by atoms with Gasteiger partial charge in [-0.15, -0.1) is 0 Å². The van der Waals surface area contributed by atoms with Crippen molar-refractivity contribution < 1.29 is 0 Å². The molecule has 0 atom stereocenters. The van der Waals surface area contributed by atoms with Crippen molar-refractivity contribution in [2.24, 2.45) is 0 Å². The molecule has 0 spiro atoms. The smallest absolute Gasteiger partial charge is 0.0109 e. The van der Waals surface area contributed by atoms with E-state index in [9.17, 15) is 0 Å². The molecule has 0 saturated heterocycles. The Hall–Kier alpha value is -0.520. The monoisotopic (exact) mass is 136 g/mol. The summed E-state index contributed by atoms with van der Waals surface area (Å²) in [4.78, 5) is 0. The molecule has 1 aliphatic rings. The largest absolute Gasteiger partial charge is 0.0700 e. The van der Waals surface area contributed by atoms with E-state index < -0.39 is 0 Å². The van der Waals surface area contributed by atoms with Crippen molar-refractivity contribution >= 4 is 0 Å². The van der Waals surface area contributed by atoms with Crippen molar-refractivity contribution in [3.05, 3.63) is 22.3 Å². The maximum Gasteiger partial charge on any atom is -0.0109 e. The van der Waals surface area contributed by atoms with E-state index in [1.165, 1.54) is 12.8 Å². The van der Waals surface area contributed by atoms with Crippen molar-refractivity contribution in [1.29, 1.82) is 0 Å². The molecule has 0 heterocycles. The molecule has 1 rings (SSSR count). The predicted molar refractivity (Wildman–Crippen MR) is 46.0 cm³/mol. The number of rotatable bonds is 0. The second kappa shape index (κ2) is 2.61. The molecular weight excluding hydrogens is 120 g/mol. The molecule has 0 nitrogen and oxygen atoms in total. The first-order chi connectivity index (χ1) is 4.61. The molecule has 0 amide bonds. The summed E-state index contributed by atoms with van der Waals surface area (Å²) in [6.07, 6.45) is 2.41. The molecule has 1 aliphatic carbocycles. The van der Waals surface area contributed by atoms with Gasteiger partial charge in [-0.2, -0.15) is 0 Å². The highest BCUT2D eigenvalue weighted by Gasteiger charge is 2.08. The molecule has 0 aliphatic heterocycles. The third-order valence-corrected chi connectivity index (χ3v) is 2.52. The number of hydrogen-bond donors (Lipinski definition) is 0. The summed E-state index contributed by atoms with van der Waals surface area (Å²) < 4.78 is 0. The van der Waals surface area contributed by atoms with Crippen molar-refractivity contribution in [3.8, 4) is 0 Å². The fourth-order valence-electron chi connectivity index (χ4n) is 1.40. The van der Waals surface area contributed by atoms with Crippen molar-refractivity contribution in [2.45, 2.75) is 40.5 Å². The second-order valence-corrected chi connectivity index (χ2v) is 3.47. The van der Waals surface area contributed by atoms with Gasteiger partial charge in [0.15, 0.2) is 0 Å². The Morgan fingerprint density at radius 1 is 0.600 bits per heavy atom. The van der Waals surface area contributed by atoms with Gasteiger partial charge in [0.05, 0.1) is 0 Å². The molecule has 0 N–H and O–H groups in total. The van der Waals surface area contributed by atoms with Crippen LogP contribution in [0.1, 0.15) is 40.5 Å². The van der Waals surface area contributed by atoms with E-state index in [1.807, 2.05) is 0 Å². The normalized spacial score (nSPS) is 20.4. The molecule has 0 heteroatoms. The second-order valence-electron chi connectivity index (χ2n) is 3.47. The van der Waals surface area contributed by atoms with Crippen LogP contribution in [-0.4, -0.2) is 0 Å². The predicted octanol–water partition coefficient (Wildman–Crippen LogP) is 3.45. The molecule has 10 heavy (non-hydrogen) atoms. The van der Waals surface area contributed by atoms with E-state index >= 15 is 0 Å². The van der Waals surface area contributed by atoms with E-state index in [0.29, 0.717) is 0 Å². The van der Waals surface area contributed by atoms with Gasteiger partial charge in [0, 0.05) is 0 Å². The van der Waals surface area contributed by atoms with Crippen LogP contribution in [0.25, 0.3) is 0 Å². The standard InChI is InChI=1S/C10H16/c1-7-5-9(3)10(4)6-8(7)2/h5-6H2,1-4H3. The van der Waals surface area contributed by atoms with Crippen LogP contribution in [-0.2, 0) is 0 Å². The quantitative estimate of drug-likeness (QED) is 0.447. The molecule has 0 bridgehead atoms. The highest BCUT2D eigenvalue weighted by Crippen LogP contribution is 2.28. The highest BCUT2D eigenvalue weighted by atomic mass is 14.1. The number of hydrogen-bond acceptors (Lipinski definition) is 0. The Balaban J connectivity index is 2.81. The Morgan fingerprint density at radius 2 is 0.800 bits per heavy atom. The summed E-state index contributed by atoms with van der Waals surface area (Å²) in [5, 5.41) is 0. The van der Waals surface area contributed by atoms with Crippen LogP contribution < -0.4 is 0 Å². The first-order valence-electron chi connectivity index (χ1n) is 3.91. The van der Waals surface area contributed by atoms with E-state index in [4.69, 9.17) is 0 Å². The molecule has 0 radical (unpaired) electrons. The molecule has 0 aromatic carbocycles. The van der Waals surface area contributed by atoms with Gasteiger partial charge in [0.2, 0.25) is 0 Å². The zero-order valence-electron chi connectivity index (χ0n) is 7.41. The fraction of sp³-hybridized carbons (Fsp3) is 0.600. The maximum atomic E-state index is 2.24. The van der Waals surface area contributed by atoms with Gasteiger partial charge < -0.3 is 0 Å². The van der Waals surface area contributed by atoms with Crippen LogP contribution in [0.5, 0.6) is 0 Å². The Bertz CT molecular complexity index is 160. The van der Waals surface area contributed by atoms with Crippen molar-refractivity contribution in [1.82, 2.24) is 0 Å². The van der Waals surface area contributed by atoms with Gasteiger partial charge in [0.25, 0.3) is 0 Å². The van der Waals surface area contributed by atoms with Gasteiger partial charge in [-0.25, -0.2) is 0 Å². The van der Waals surface area contributed by atoms with E-state index in [1.54, 1.807) is 22.3 Å². The van der Waals surface area contributed by atoms with E-state index in [-0.39, 0.29) is 0 Å². The summed E-state index contributed by atoms with van der Waals surface area (Å²) in [7, 11) is 0. The van der Waals surface area contributed by atoms with Crippen LogP contribution in [0.2, 0.25) is 0 Å². The van der Waals surface area contributed by atoms with E-state index in [2.05, 4.69) is 27.7 Å². The minimum absolute atomic E-state index is 1.21. The first-order valence-corrected chi connectivity index (χ1v) is 3.91. The minimum atomic E-state index is 1.21. The summed E-state index contributed by atoms with van der Waals surface area (Å²) in [5.41, 5.74) is 6.29. The highest BCUT2D eigenvalue weighted by molar-refractivity contribution is 5.30. The zero-order chi connectivity index (χ0) is 7.72. The number of allylic oxidation sites excluding steroid dienone is 4. The maximum absolute atomic E-state index is 2.24. The summed E-state index contributed by atoms with van der Waals surface area (Å²) in [6.45, 7) is 8.97. The summed E-state index contributed by atoms with van der Waals surface area (Å²) in [5.74, 6) is 0. The Morgan fingerprint density at radius 3 is 1.00 bits per heavy atom. The SMILES string of the molecule is CC1=C(C)CC(C)=C(C)C1. The summed E-state index contributed by atoms with van der Waals surface area (Å²) in [6, 6.07) is 0. The topological polar surface area (TPSA) is 0 Å². The fourth-order valence-corrected chi connectivity index (χ4v) is 1.40. The van der Waals surface area contributed by atoms with Crippen LogP contribution in [0.4, 0.5) is 0 Å². The molecule has 56 valence electrons. The average Bonchev–Trinajstić information content (AvgIpc) is 1.84. The van der Waals surface area contributed by atoms with Gasteiger partial charge in [-0.3, -0.25) is 0 Å². The molecule has 0 fully saturated rings. The third kappa shape index (κ3) is 1.31. The zero-order valence-corrected chi connectivity index (χ0v) is 7.41. The lowest BCUT2D eigenvalue weighted by Crippen LogP contribution is -1.97. The average molecular weight is 136 g/mol. The molecular formula is C10H16. The van der Waals surface area contributed by atoms with Crippen LogP contribution in [0.3, 0.4) is 0 Å². The summed E-state index contributed by atoms with van der Waals surface area (Å²) >= 11 is 0. The Kier molecular flexibility index (Phi) is 1.98.